The minimum atomic E-state index is -0.900. The molecule has 0 saturated heterocycles. The fourth-order valence-electron chi connectivity index (χ4n) is 4.12. The Morgan fingerprint density at radius 2 is 1.59 bits per heavy atom. The molecule has 0 spiro atoms. The maximum atomic E-state index is 12.5. The average molecular weight is 459 g/mol. The van der Waals surface area contributed by atoms with Gasteiger partial charge in [-0.15, -0.1) is 0 Å². The maximum absolute atomic E-state index is 12.5. The van der Waals surface area contributed by atoms with Crippen molar-refractivity contribution in [3.05, 3.63) is 89.5 Å². The summed E-state index contributed by atoms with van der Waals surface area (Å²) in [5.74, 6) is -1.82. The normalized spacial score (nSPS) is 12.9. The molecule has 0 saturated carbocycles. The van der Waals surface area contributed by atoms with Crippen LogP contribution in [0.2, 0.25) is 0 Å². The van der Waals surface area contributed by atoms with E-state index in [0.29, 0.717) is 17.7 Å². The number of benzene rings is 3. The summed E-state index contributed by atoms with van der Waals surface area (Å²) in [5, 5.41) is 14.3. The summed E-state index contributed by atoms with van der Waals surface area (Å²) < 4.78 is 5.55. The minimum Gasteiger partial charge on any atom is -0.481 e. The molecule has 0 radical (unpaired) electrons. The highest BCUT2D eigenvalue weighted by molar-refractivity contribution is 5.96. The van der Waals surface area contributed by atoms with Crippen LogP contribution in [0, 0.1) is 5.92 Å². The molecule has 174 valence electrons. The summed E-state index contributed by atoms with van der Waals surface area (Å²) in [7, 11) is 0. The lowest BCUT2D eigenvalue weighted by molar-refractivity contribution is -0.141. The van der Waals surface area contributed by atoms with E-state index in [0.717, 1.165) is 22.3 Å². The molecule has 0 bridgehead atoms. The van der Waals surface area contributed by atoms with Gasteiger partial charge in [0.1, 0.15) is 6.61 Å². The first kappa shape index (κ1) is 23.0. The van der Waals surface area contributed by atoms with Crippen molar-refractivity contribution in [3.63, 3.8) is 0 Å². The Morgan fingerprint density at radius 1 is 0.941 bits per heavy atom. The molecule has 3 aromatic carbocycles. The number of ether oxygens (including phenoxy) is 1. The van der Waals surface area contributed by atoms with Crippen LogP contribution in [-0.2, 0) is 9.53 Å². The van der Waals surface area contributed by atoms with Gasteiger partial charge in [-0.1, -0.05) is 61.5 Å². The van der Waals surface area contributed by atoms with Crippen LogP contribution in [0.3, 0.4) is 0 Å². The topological polar surface area (TPSA) is 105 Å². The number of rotatable bonds is 8. The van der Waals surface area contributed by atoms with E-state index in [1.165, 1.54) is 0 Å². The Balaban J connectivity index is 1.34. The fourth-order valence-corrected chi connectivity index (χ4v) is 4.12. The van der Waals surface area contributed by atoms with Crippen molar-refractivity contribution in [1.29, 1.82) is 0 Å². The van der Waals surface area contributed by atoms with E-state index in [2.05, 4.69) is 34.9 Å². The van der Waals surface area contributed by atoms with Crippen LogP contribution in [0.5, 0.6) is 0 Å². The van der Waals surface area contributed by atoms with Crippen molar-refractivity contribution in [2.24, 2.45) is 5.92 Å². The van der Waals surface area contributed by atoms with Gasteiger partial charge in [-0.2, -0.15) is 0 Å². The van der Waals surface area contributed by atoms with Gasteiger partial charge in [0.25, 0.3) is 5.91 Å². The molecule has 34 heavy (non-hydrogen) atoms. The van der Waals surface area contributed by atoms with E-state index >= 15 is 0 Å². The van der Waals surface area contributed by atoms with Crippen molar-refractivity contribution in [2.75, 3.05) is 18.5 Å². The lowest BCUT2D eigenvalue weighted by Gasteiger charge is -2.15. The third-order valence-corrected chi connectivity index (χ3v) is 6.00. The third-order valence-electron chi connectivity index (χ3n) is 6.00. The molecule has 1 atom stereocenters. The first-order chi connectivity index (χ1) is 16.4. The standard InChI is InChI=1S/C27H26N2O5/c1-17(26(31)32)13-14-28-25(30)18-7-6-8-19(15-18)29-27(33)34-16-24-22-11-4-2-9-20(22)21-10-3-5-12-23(21)24/h2-12,15,17,24H,13-14,16H2,1H3,(H,28,30)(H,29,33)(H,31,32). The number of hydrogen-bond donors (Lipinski definition) is 3. The van der Waals surface area contributed by atoms with Crippen LogP contribution in [0.1, 0.15) is 40.7 Å². The molecule has 0 heterocycles. The quantitative estimate of drug-likeness (QED) is 0.446. The molecule has 1 unspecified atom stereocenters. The van der Waals surface area contributed by atoms with Crippen LogP contribution in [-0.4, -0.2) is 36.2 Å². The van der Waals surface area contributed by atoms with Gasteiger partial charge in [0.05, 0.1) is 5.92 Å². The first-order valence-corrected chi connectivity index (χ1v) is 11.2. The molecular formula is C27H26N2O5. The summed E-state index contributed by atoms with van der Waals surface area (Å²) in [5.41, 5.74) is 5.37. The third kappa shape index (κ3) is 5.09. The van der Waals surface area contributed by atoms with E-state index in [-0.39, 0.29) is 25.0 Å². The second-order valence-electron chi connectivity index (χ2n) is 8.32. The van der Waals surface area contributed by atoms with E-state index in [1.54, 1.807) is 31.2 Å². The lowest BCUT2D eigenvalue weighted by Crippen LogP contribution is -2.27. The number of amides is 2. The Labute approximate surface area is 197 Å². The number of carbonyl (C=O) groups is 3. The second kappa shape index (κ2) is 10.2. The molecular weight excluding hydrogens is 432 g/mol. The van der Waals surface area contributed by atoms with Crippen LogP contribution in [0.15, 0.2) is 72.8 Å². The van der Waals surface area contributed by atoms with E-state index in [1.807, 2.05) is 24.3 Å². The van der Waals surface area contributed by atoms with Gasteiger partial charge in [-0.25, -0.2) is 4.79 Å². The van der Waals surface area contributed by atoms with Gasteiger partial charge in [0.15, 0.2) is 0 Å². The zero-order chi connectivity index (χ0) is 24.1. The summed E-state index contributed by atoms with van der Waals surface area (Å²) in [6, 6.07) is 22.7. The Hall–Kier alpha value is -4.13. The largest absolute Gasteiger partial charge is 0.481 e. The van der Waals surface area contributed by atoms with Crippen molar-refractivity contribution in [1.82, 2.24) is 5.32 Å². The highest BCUT2D eigenvalue weighted by Crippen LogP contribution is 2.44. The molecule has 0 fully saturated rings. The SMILES string of the molecule is CC(CCNC(=O)c1cccc(NC(=O)OCC2c3ccccc3-c3ccccc32)c1)C(=O)O. The van der Waals surface area contributed by atoms with Gasteiger partial charge in [-0.05, 0) is 46.9 Å². The second-order valence-corrected chi connectivity index (χ2v) is 8.32. The number of anilines is 1. The summed E-state index contributed by atoms with van der Waals surface area (Å²) in [6.45, 7) is 2.03. The van der Waals surface area contributed by atoms with Gasteiger partial charge in [-0.3, -0.25) is 14.9 Å². The van der Waals surface area contributed by atoms with Crippen LogP contribution in [0.25, 0.3) is 11.1 Å². The van der Waals surface area contributed by atoms with Gasteiger partial charge in [0, 0.05) is 23.7 Å². The summed E-state index contributed by atoms with van der Waals surface area (Å²) in [6.07, 6.45) is -0.270. The molecule has 7 heteroatoms. The maximum Gasteiger partial charge on any atom is 0.411 e. The monoisotopic (exact) mass is 458 g/mol. The predicted molar refractivity (Wildman–Crippen MR) is 129 cm³/mol. The molecule has 0 aliphatic heterocycles. The molecule has 1 aliphatic rings. The van der Waals surface area contributed by atoms with E-state index in [4.69, 9.17) is 9.84 Å². The molecule has 0 aromatic heterocycles. The number of aliphatic carboxylic acids is 1. The lowest BCUT2D eigenvalue weighted by atomic mass is 9.98. The van der Waals surface area contributed by atoms with Crippen molar-refractivity contribution < 1.29 is 24.2 Å². The van der Waals surface area contributed by atoms with Gasteiger partial charge >= 0.3 is 12.1 Å². The van der Waals surface area contributed by atoms with E-state index < -0.39 is 18.0 Å². The fraction of sp³-hybridized carbons (Fsp3) is 0.222. The van der Waals surface area contributed by atoms with Crippen molar-refractivity contribution >= 4 is 23.7 Å². The molecule has 3 aromatic rings. The number of nitrogens with one attached hydrogen (secondary N) is 2. The Bertz CT molecular complexity index is 1180. The number of carboxylic acid groups (broad SMARTS) is 1. The van der Waals surface area contributed by atoms with E-state index in [9.17, 15) is 14.4 Å². The molecule has 3 N–H and O–H groups in total. The molecule has 2 amide bonds. The zero-order valence-corrected chi connectivity index (χ0v) is 18.8. The first-order valence-electron chi connectivity index (χ1n) is 11.2. The highest BCUT2D eigenvalue weighted by atomic mass is 16.5. The summed E-state index contributed by atoms with van der Waals surface area (Å²) in [4.78, 5) is 35.7. The molecule has 4 rings (SSSR count). The number of carbonyl (C=O) groups excluding carboxylic acids is 2. The van der Waals surface area contributed by atoms with Crippen LogP contribution in [0.4, 0.5) is 10.5 Å². The highest BCUT2D eigenvalue weighted by Gasteiger charge is 2.29. The molecule has 1 aliphatic carbocycles. The number of hydrogen-bond acceptors (Lipinski definition) is 4. The van der Waals surface area contributed by atoms with Gasteiger partial charge in [0.2, 0.25) is 0 Å². The average Bonchev–Trinajstić information content (AvgIpc) is 3.16. The van der Waals surface area contributed by atoms with Crippen molar-refractivity contribution in [3.8, 4) is 11.1 Å². The molecule has 7 nitrogen and oxygen atoms in total. The van der Waals surface area contributed by atoms with Crippen LogP contribution < -0.4 is 10.6 Å². The van der Waals surface area contributed by atoms with Crippen molar-refractivity contribution in [2.45, 2.75) is 19.3 Å². The van der Waals surface area contributed by atoms with Gasteiger partial charge < -0.3 is 15.2 Å². The Morgan fingerprint density at radius 3 is 2.24 bits per heavy atom. The zero-order valence-electron chi connectivity index (χ0n) is 18.8. The summed E-state index contributed by atoms with van der Waals surface area (Å²) >= 11 is 0. The Kier molecular flexibility index (Phi) is 6.92. The minimum absolute atomic E-state index is 0.0385. The smallest absolute Gasteiger partial charge is 0.411 e. The predicted octanol–water partition coefficient (Wildman–Crippen LogP) is 4.89. The van der Waals surface area contributed by atoms with Crippen LogP contribution >= 0.6 is 0 Å². The number of fused-ring (bicyclic) bond motifs is 3. The number of carboxylic acids is 1.